The summed E-state index contributed by atoms with van der Waals surface area (Å²) in [6.45, 7) is 1.61. The Morgan fingerprint density at radius 1 is 1.25 bits per heavy atom. The van der Waals surface area contributed by atoms with E-state index < -0.39 is 0 Å². The zero-order valence-electron chi connectivity index (χ0n) is 11.7. The summed E-state index contributed by atoms with van der Waals surface area (Å²) in [5.41, 5.74) is 7.32. The lowest BCUT2D eigenvalue weighted by atomic mass is 10.2. The first-order valence-electron chi connectivity index (χ1n) is 7.23. The molecule has 0 unspecified atom stereocenters. The molecule has 0 radical (unpaired) electrons. The molecule has 0 saturated heterocycles. The zero-order chi connectivity index (χ0) is 14.2. The van der Waals surface area contributed by atoms with Crippen LogP contribution in [0.1, 0.15) is 31.2 Å². The van der Waals surface area contributed by atoms with Crippen molar-refractivity contribution in [2.24, 2.45) is 5.73 Å². The van der Waals surface area contributed by atoms with E-state index in [1.807, 2.05) is 24.3 Å². The lowest BCUT2D eigenvalue weighted by Gasteiger charge is -2.12. The van der Waals surface area contributed by atoms with E-state index in [1.54, 1.807) is 0 Å². The van der Waals surface area contributed by atoms with Crippen LogP contribution < -0.4 is 16.4 Å². The number of hydrogen-bond donors (Lipinski definition) is 3. The third kappa shape index (κ3) is 4.83. The summed E-state index contributed by atoms with van der Waals surface area (Å²) in [4.78, 5) is 11.7. The number of amides is 2. The molecule has 5 heteroatoms. The van der Waals surface area contributed by atoms with E-state index in [9.17, 15) is 4.79 Å². The first kappa shape index (κ1) is 14.8. The van der Waals surface area contributed by atoms with Gasteiger partial charge < -0.3 is 21.1 Å². The van der Waals surface area contributed by atoms with Gasteiger partial charge in [0.2, 0.25) is 0 Å². The van der Waals surface area contributed by atoms with Gasteiger partial charge in [-0.05, 0) is 30.5 Å². The molecule has 5 nitrogen and oxygen atoms in total. The third-order valence-electron chi connectivity index (χ3n) is 3.49. The molecular formula is C15H23N3O2. The van der Waals surface area contributed by atoms with Gasteiger partial charge in [0, 0.05) is 18.8 Å². The maximum atomic E-state index is 11.7. The largest absolute Gasteiger partial charge is 0.376 e. The highest BCUT2D eigenvalue weighted by Crippen LogP contribution is 2.20. The minimum absolute atomic E-state index is 0.208. The number of carbonyl (C=O) groups excluding carboxylic acids is 1. The van der Waals surface area contributed by atoms with Crippen LogP contribution in [-0.2, 0) is 11.3 Å². The van der Waals surface area contributed by atoms with E-state index in [0.29, 0.717) is 25.8 Å². The highest BCUT2D eigenvalue weighted by Gasteiger charge is 2.14. The number of urea groups is 1. The summed E-state index contributed by atoms with van der Waals surface area (Å²) in [5, 5.41) is 5.56. The van der Waals surface area contributed by atoms with Gasteiger partial charge in [0.05, 0.1) is 12.7 Å². The van der Waals surface area contributed by atoms with Crippen molar-refractivity contribution in [1.82, 2.24) is 5.32 Å². The Morgan fingerprint density at radius 2 is 1.95 bits per heavy atom. The van der Waals surface area contributed by atoms with Gasteiger partial charge in [-0.25, -0.2) is 4.79 Å². The molecule has 20 heavy (non-hydrogen) atoms. The highest BCUT2D eigenvalue weighted by atomic mass is 16.5. The molecule has 2 rings (SSSR count). The Balaban J connectivity index is 1.61. The first-order chi connectivity index (χ1) is 9.78. The van der Waals surface area contributed by atoms with Crippen LogP contribution in [0, 0.1) is 0 Å². The van der Waals surface area contributed by atoms with Crippen molar-refractivity contribution in [3.8, 4) is 0 Å². The van der Waals surface area contributed by atoms with Gasteiger partial charge >= 0.3 is 6.03 Å². The van der Waals surface area contributed by atoms with Crippen LogP contribution in [0.25, 0.3) is 0 Å². The molecule has 1 fully saturated rings. The standard InChI is InChI=1S/C15H23N3O2/c16-11-12-5-7-13(8-6-12)18-15(19)17-9-10-20-14-3-1-2-4-14/h5-8,14H,1-4,9-11,16H2,(H2,17,18,19). The van der Waals surface area contributed by atoms with E-state index in [4.69, 9.17) is 10.5 Å². The number of anilines is 1. The Morgan fingerprint density at radius 3 is 2.60 bits per heavy atom. The lowest BCUT2D eigenvalue weighted by Crippen LogP contribution is -2.32. The predicted octanol–water partition coefficient (Wildman–Crippen LogP) is 2.23. The van der Waals surface area contributed by atoms with Crippen LogP contribution in [0.15, 0.2) is 24.3 Å². The second-order valence-electron chi connectivity index (χ2n) is 5.06. The Kier molecular flexibility index (Phi) is 5.83. The summed E-state index contributed by atoms with van der Waals surface area (Å²) in [7, 11) is 0. The third-order valence-corrected chi connectivity index (χ3v) is 3.49. The van der Waals surface area contributed by atoms with Gasteiger partial charge in [0.1, 0.15) is 0 Å². The Labute approximate surface area is 119 Å². The quantitative estimate of drug-likeness (QED) is 0.698. The molecule has 1 aromatic rings. The summed E-state index contributed by atoms with van der Waals surface area (Å²) >= 11 is 0. The lowest BCUT2D eigenvalue weighted by molar-refractivity contribution is 0.0615. The zero-order valence-corrected chi connectivity index (χ0v) is 11.7. The van der Waals surface area contributed by atoms with Crippen molar-refractivity contribution < 1.29 is 9.53 Å². The number of ether oxygens (including phenoxy) is 1. The van der Waals surface area contributed by atoms with Gasteiger partial charge in [-0.2, -0.15) is 0 Å². The van der Waals surface area contributed by atoms with Crippen LogP contribution in [0.3, 0.4) is 0 Å². The summed E-state index contributed by atoms with van der Waals surface area (Å²) in [5.74, 6) is 0. The van der Waals surface area contributed by atoms with E-state index in [1.165, 1.54) is 12.8 Å². The molecule has 2 amide bonds. The van der Waals surface area contributed by atoms with Gasteiger partial charge in [-0.1, -0.05) is 25.0 Å². The van der Waals surface area contributed by atoms with Gasteiger partial charge in [0.25, 0.3) is 0 Å². The monoisotopic (exact) mass is 277 g/mol. The Hall–Kier alpha value is -1.59. The number of carbonyl (C=O) groups is 1. The summed E-state index contributed by atoms with van der Waals surface area (Å²) in [6.07, 6.45) is 5.22. The maximum absolute atomic E-state index is 11.7. The van der Waals surface area contributed by atoms with Crippen molar-refractivity contribution >= 4 is 11.7 Å². The van der Waals surface area contributed by atoms with Crippen molar-refractivity contribution in [3.63, 3.8) is 0 Å². The number of benzene rings is 1. The second-order valence-corrected chi connectivity index (χ2v) is 5.06. The van der Waals surface area contributed by atoms with Crippen molar-refractivity contribution in [1.29, 1.82) is 0 Å². The fraction of sp³-hybridized carbons (Fsp3) is 0.533. The molecule has 1 aromatic carbocycles. The van der Waals surface area contributed by atoms with E-state index in [0.717, 1.165) is 24.1 Å². The molecule has 0 atom stereocenters. The normalized spacial score (nSPS) is 15.2. The smallest absolute Gasteiger partial charge is 0.319 e. The highest BCUT2D eigenvalue weighted by molar-refractivity contribution is 5.89. The second kappa shape index (κ2) is 7.87. The number of nitrogens with two attached hydrogens (primary N) is 1. The van der Waals surface area contributed by atoms with Gasteiger partial charge in [0.15, 0.2) is 0 Å². The summed E-state index contributed by atoms with van der Waals surface area (Å²) < 4.78 is 5.68. The molecule has 0 heterocycles. The SMILES string of the molecule is NCc1ccc(NC(=O)NCCOC2CCCC2)cc1. The van der Waals surface area contributed by atoms with Gasteiger partial charge in [-0.3, -0.25) is 0 Å². The first-order valence-corrected chi connectivity index (χ1v) is 7.23. The molecule has 110 valence electrons. The predicted molar refractivity (Wildman–Crippen MR) is 79.6 cm³/mol. The fourth-order valence-corrected chi connectivity index (χ4v) is 2.34. The molecular weight excluding hydrogens is 254 g/mol. The number of rotatable bonds is 6. The van der Waals surface area contributed by atoms with Crippen molar-refractivity contribution in [2.75, 3.05) is 18.5 Å². The molecule has 0 aliphatic heterocycles. The fourth-order valence-electron chi connectivity index (χ4n) is 2.34. The minimum atomic E-state index is -0.208. The van der Waals surface area contributed by atoms with Crippen LogP contribution in [0.2, 0.25) is 0 Å². The minimum Gasteiger partial charge on any atom is -0.376 e. The molecule has 1 aliphatic carbocycles. The molecule has 0 bridgehead atoms. The van der Waals surface area contributed by atoms with Crippen LogP contribution in [-0.4, -0.2) is 25.3 Å². The van der Waals surface area contributed by atoms with Crippen molar-refractivity contribution in [2.45, 2.75) is 38.3 Å². The van der Waals surface area contributed by atoms with Crippen LogP contribution in [0.5, 0.6) is 0 Å². The molecule has 1 aliphatic rings. The average Bonchev–Trinajstić information content (AvgIpc) is 2.98. The maximum Gasteiger partial charge on any atom is 0.319 e. The van der Waals surface area contributed by atoms with E-state index in [2.05, 4.69) is 10.6 Å². The molecule has 0 aromatic heterocycles. The number of hydrogen-bond acceptors (Lipinski definition) is 3. The van der Waals surface area contributed by atoms with Gasteiger partial charge in [-0.15, -0.1) is 0 Å². The molecule has 0 spiro atoms. The van der Waals surface area contributed by atoms with Crippen molar-refractivity contribution in [3.05, 3.63) is 29.8 Å². The summed E-state index contributed by atoms with van der Waals surface area (Å²) in [6, 6.07) is 7.28. The average molecular weight is 277 g/mol. The topological polar surface area (TPSA) is 76.4 Å². The van der Waals surface area contributed by atoms with E-state index in [-0.39, 0.29) is 6.03 Å². The van der Waals surface area contributed by atoms with E-state index >= 15 is 0 Å². The Bertz CT molecular complexity index is 414. The van der Waals surface area contributed by atoms with Crippen LogP contribution >= 0.6 is 0 Å². The van der Waals surface area contributed by atoms with Crippen LogP contribution in [0.4, 0.5) is 10.5 Å². The molecule has 1 saturated carbocycles. The molecule has 4 N–H and O–H groups in total. The number of nitrogens with one attached hydrogen (secondary N) is 2.